The van der Waals surface area contributed by atoms with Crippen LogP contribution in [0, 0.1) is 0 Å². The van der Waals surface area contributed by atoms with Crippen molar-refractivity contribution in [1.82, 2.24) is 15.3 Å². The topological polar surface area (TPSA) is 41.0 Å². The highest BCUT2D eigenvalue weighted by atomic mass is 32.1. The first-order valence-electron chi connectivity index (χ1n) is 6.63. The second-order valence-corrected chi connectivity index (χ2v) is 5.07. The smallest absolute Gasteiger partial charge is 0.185 e. The van der Waals surface area contributed by atoms with Gasteiger partial charge in [0.25, 0.3) is 0 Å². The molecule has 0 unspecified atom stereocenters. The minimum atomic E-state index is 0.811. The number of thiazole rings is 1. The van der Waals surface area contributed by atoms with Crippen LogP contribution in [0.25, 0.3) is 0 Å². The van der Waals surface area contributed by atoms with Gasteiger partial charge in [0, 0.05) is 24.7 Å². The predicted octanol–water partition coefficient (Wildman–Crippen LogP) is 2.67. The molecule has 0 aliphatic carbocycles. The van der Waals surface area contributed by atoms with Crippen molar-refractivity contribution in [3.63, 3.8) is 0 Å². The molecule has 102 valence electrons. The first-order chi connectivity index (χ1) is 9.33. The molecule has 0 aliphatic rings. The van der Waals surface area contributed by atoms with Gasteiger partial charge in [0.05, 0.1) is 17.9 Å². The van der Waals surface area contributed by atoms with E-state index in [-0.39, 0.29) is 0 Å². The van der Waals surface area contributed by atoms with E-state index < -0.39 is 0 Å². The lowest BCUT2D eigenvalue weighted by molar-refractivity contribution is 0.711. The SMILES string of the molecule is CCNCc1csc(N(CC)Cc2ccccn2)n1. The number of nitrogens with one attached hydrogen (secondary N) is 1. The number of hydrogen-bond acceptors (Lipinski definition) is 5. The maximum atomic E-state index is 4.67. The predicted molar refractivity (Wildman–Crippen MR) is 80.5 cm³/mol. The van der Waals surface area contributed by atoms with Crippen LogP contribution in [0.3, 0.4) is 0 Å². The van der Waals surface area contributed by atoms with Gasteiger partial charge in [-0.15, -0.1) is 11.3 Å². The number of nitrogens with zero attached hydrogens (tertiary/aromatic N) is 3. The van der Waals surface area contributed by atoms with Crippen LogP contribution in [0.2, 0.25) is 0 Å². The van der Waals surface area contributed by atoms with E-state index in [9.17, 15) is 0 Å². The van der Waals surface area contributed by atoms with Crippen molar-refractivity contribution in [3.8, 4) is 0 Å². The van der Waals surface area contributed by atoms with Crippen LogP contribution >= 0.6 is 11.3 Å². The standard InChI is InChI=1S/C14H20N4S/c1-3-15-9-13-11-19-14(17-13)18(4-2)10-12-7-5-6-8-16-12/h5-8,11,15H,3-4,9-10H2,1-2H3. The third-order valence-electron chi connectivity index (χ3n) is 2.83. The third kappa shape index (κ3) is 4.01. The van der Waals surface area contributed by atoms with Gasteiger partial charge in [-0.05, 0) is 25.6 Å². The fraction of sp³-hybridized carbons (Fsp3) is 0.429. The van der Waals surface area contributed by atoms with Crippen LogP contribution in [0.1, 0.15) is 25.2 Å². The van der Waals surface area contributed by atoms with E-state index in [2.05, 4.69) is 45.5 Å². The van der Waals surface area contributed by atoms with Gasteiger partial charge in [-0.3, -0.25) is 4.98 Å². The molecule has 5 heteroatoms. The summed E-state index contributed by atoms with van der Waals surface area (Å²) >= 11 is 1.70. The van der Waals surface area contributed by atoms with Crippen LogP contribution in [0.4, 0.5) is 5.13 Å². The Hall–Kier alpha value is -1.46. The third-order valence-corrected chi connectivity index (χ3v) is 3.78. The minimum Gasteiger partial charge on any atom is -0.342 e. The molecule has 4 nitrogen and oxygen atoms in total. The molecule has 2 aromatic heterocycles. The first-order valence-corrected chi connectivity index (χ1v) is 7.51. The lowest BCUT2D eigenvalue weighted by Crippen LogP contribution is -2.22. The number of rotatable bonds is 7. The van der Waals surface area contributed by atoms with Gasteiger partial charge in [-0.25, -0.2) is 4.98 Å². The normalized spacial score (nSPS) is 10.6. The molecule has 0 aliphatic heterocycles. The summed E-state index contributed by atoms with van der Waals surface area (Å²) in [6, 6.07) is 6.02. The zero-order chi connectivity index (χ0) is 13.5. The summed E-state index contributed by atoms with van der Waals surface area (Å²) in [5.74, 6) is 0. The molecule has 0 saturated carbocycles. The Morgan fingerprint density at radius 1 is 1.26 bits per heavy atom. The van der Waals surface area contributed by atoms with E-state index in [0.717, 1.165) is 42.7 Å². The van der Waals surface area contributed by atoms with Gasteiger partial charge in [-0.2, -0.15) is 0 Å². The molecule has 0 atom stereocenters. The Morgan fingerprint density at radius 3 is 2.84 bits per heavy atom. The molecule has 19 heavy (non-hydrogen) atoms. The number of pyridine rings is 1. The highest BCUT2D eigenvalue weighted by Crippen LogP contribution is 2.21. The van der Waals surface area contributed by atoms with Crippen LogP contribution in [-0.4, -0.2) is 23.1 Å². The zero-order valence-corrected chi connectivity index (χ0v) is 12.3. The number of anilines is 1. The van der Waals surface area contributed by atoms with Gasteiger partial charge in [0.1, 0.15) is 0 Å². The summed E-state index contributed by atoms with van der Waals surface area (Å²) in [6.07, 6.45) is 1.83. The van der Waals surface area contributed by atoms with Crippen LogP contribution < -0.4 is 10.2 Å². The highest BCUT2D eigenvalue weighted by Gasteiger charge is 2.10. The molecule has 0 saturated heterocycles. The van der Waals surface area contributed by atoms with E-state index >= 15 is 0 Å². The van der Waals surface area contributed by atoms with Crippen LogP contribution in [0.15, 0.2) is 29.8 Å². The van der Waals surface area contributed by atoms with E-state index in [1.54, 1.807) is 11.3 Å². The molecule has 2 rings (SSSR count). The fourth-order valence-corrected chi connectivity index (χ4v) is 2.67. The Labute approximate surface area is 118 Å². The van der Waals surface area contributed by atoms with Crippen molar-refractivity contribution in [2.45, 2.75) is 26.9 Å². The molecule has 0 radical (unpaired) electrons. The largest absolute Gasteiger partial charge is 0.342 e. The summed E-state index contributed by atoms with van der Waals surface area (Å²) in [5, 5.41) is 6.49. The van der Waals surface area contributed by atoms with Crippen molar-refractivity contribution in [2.75, 3.05) is 18.0 Å². The molecule has 2 aromatic rings. The molecule has 0 spiro atoms. The van der Waals surface area contributed by atoms with E-state index in [4.69, 9.17) is 0 Å². The van der Waals surface area contributed by atoms with Crippen molar-refractivity contribution < 1.29 is 0 Å². The van der Waals surface area contributed by atoms with Crippen LogP contribution in [0.5, 0.6) is 0 Å². The summed E-state index contributed by atoms with van der Waals surface area (Å²) < 4.78 is 0. The maximum absolute atomic E-state index is 4.67. The Kier molecular flexibility index (Phi) is 5.30. The summed E-state index contributed by atoms with van der Waals surface area (Å²) in [6.45, 7) is 7.81. The van der Waals surface area contributed by atoms with Gasteiger partial charge in [0.15, 0.2) is 5.13 Å². The first kappa shape index (κ1) is 14.0. The lowest BCUT2D eigenvalue weighted by atomic mass is 10.3. The minimum absolute atomic E-state index is 0.811. The average Bonchev–Trinajstić information content (AvgIpc) is 2.92. The zero-order valence-electron chi connectivity index (χ0n) is 11.5. The van der Waals surface area contributed by atoms with Gasteiger partial charge < -0.3 is 10.2 Å². The lowest BCUT2D eigenvalue weighted by Gasteiger charge is -2.19. The van der Waals surface area contributed by atoms with Crippen molar-refractivity contribution in [2.24, 2.45) is 0 Å². The fourth-order valence-electron chi connectivity index (χ4n) is 1.78. The summed E-state index contributed by atoms with van der Waals surface area (Å²) in [7, 11) is 0. The van der Waals surface area contributed by atoms with E-state index in [1.165, 1.54) is 0 Å². The summed E-state index contributed by atoms with van der Waals surface area (Å²) in [4.78, 5) is 11.3. The molecule has 0 fully saturated rings. The van der Waals surface area contributed by atoms with Crippen LogP contribution in [-0.2, 0) is 13.1 Å². The van der Waals surface area contributed by atoms with Gasteiger partial charge in [-0.1, -0.05) is 13.0 Å². The molecule has 1 N–H and O–H groups in total. The van der Waals surface area contributed by atoms with Crippen molar-refractivity contribution in [1.29, 1.82) is 0 Å². The van der Waals surface area contributed by atoms with Crippen molar-refractivity contribution in [3.05, 3.63) is 41.2 Å². The number of aromatic nitrogens is 2. The second-order valence-electron chi connectivity index (χ2n) is 4.24. The molecule has 0 bridgehead atoms. The quantitative estimate of drug-likeness (QED) is 0.844. The summed E-state index contributed by atoms with van der Waals surface area (Å²) in [5.41, 5.74) is 2.19. The Morgan fingerprint density at radius 2 is 2.16 bits per heavy atom. The van der Waals surface area contributed by atoms with E-state index in [0.29, 0.717) is 0 Å². The number of hydrogen-bond donors (Lipinski definition) is 1. The average molecular weight is 276 g/mol. The van der Waals surface area contributed by atoms with Gasteiger partial charge >= 0.3 is 0 Å². The highest BCUT2D eigenvalue weighted by molar-refractivity contribution is 7.13. The Balaban J connectivity index is 2.03. The van der Waals surface area contributed by atoms with E-state index in [1.807, 2.05) is 18.3 Å². The monoisotopic (exact) mass is 276 g/mol. The molecule has 0 aromatic carbocycles. The molecule has 0 amide bonds. The Bertz CT molecular complexity index is 483. The molecule has 2 heterocycles. The second kappa shape index (κ2) is 7.21. The van der Waals surface area contributed by atoms with Crippen molar-refractivity contribution >= 4 is 16.5 Å². The molecular formula is C14H20N4S. The van der Waals surface area contributed by atoms with Gasteiger partial charge in [0.2, 0.25) is 0 Å². The maximum Gasteiger partial charge on any atom is 0.185 e. The molecular weight excluding hydrogens is 256 g/mol.